The summed E-state index contributed by atoms with van der Waals surface area (Å²) in [6.07, 6.45) is 0.276. The summed E-state index contributed by atoms with van der Waals surface area (Å²) in [4.78, 5) is 11.5. The summed E-state index contributed by atoms with van der Waals surface area (Å²) < 4.78 is 5.40. The van der Waals surface area contributed by atoms with Gasteiger partial charge in [-0.25, -0.2) is 0 Å². The number of hydrogen-bond donors (Lipinski definition) is 2. The molecule has 0 unspecified atom stereocenters. The first-order chi connectivity index (χ1) is 8.03. The zero-order valence-electron chi connectivity index (χ0n) is 10.3. The largest absolute Gasteiger partial charge is 0.493 e. The maximum absolute atomic E-state index is 11.5. The molecular formula is C13H19NO3. The van der Waals surface area contributed by atoms with E-state index in [9.17, 15) is 4.79 Å². The molecule has 0 aromatic heterocycles. The maximum Gasteiger partial charge on any atom is 0.223 e. The van der Waals surface area contributed by atoms with Crippen LogP contribution in [0.4, 0.5) is 0 Å². The second-order valence-corrected chi connectivity index (χ2v) is 4.50. The molecule has 0 saturated carbocycles. The lowest BCUT2D eigenvalue weighted by molar-refractivity contribution is -0.123. The van der Waals surface area contributed by atoms with Crippen molar-refractivity contribution < 1.29 is 14.6 Å². The van der Waals surface area contributed by atoms with Crippen molar-refractivity contribution in [3.05, 3.63) is 30.3 Å². The van der Waals surface area contributed by atoms with Crippen molar-refractivity contribution in [1.29, 1.82) is 0 Å². The van der Waals surface area contributed by atoms with E-state index >= 15 is 0 Å². The summed E-state index contributed by atoms with van der Waals surface area (Å²) in [6, 6.07) is 9.35. The topological polar surface area (TPSA) is 58.6 Å². The lowest BCUT2D eigenvalue weighted by Gasteiger charge is -2.23. The van der Waals surface area contributed by atoms with Crippen molar-refractivity contribution >= 4 is 5.91 Å². The third-order valence-electron chi connectivity index (χ3n) is 2.21. The smallest absolute Gasteiger partial charge is 0.223 e. The van der Waals surface area contributed by atoms with E-state index in [0.717, 1.165) is 5.75 Å². The Morgan fingerprint density at radius 1 is 1.35 bits per heavy atom. The Balaban J connectivity index is 2.25. The molecule has 1 amide bonds. The molecule has 0 bridgehead atoms. The van der Waals surface area contributed by atoms with E-state index in [4.69, 9.17) is 9.84 Å². The quantitative estimate of drug-likeness (QED) is 0.785. The van der Waals surface area contributed by atoms with Gasteiger partial charge in [-0.2, -0.15) is 0 Å². The van der Waals surface area contributed by atoms with Crippen LogP contribution in [0, 0.1) is 0 Å². The van der Waals surface area contributed by atoms with Crippen molar-refractivity contribution in [1.82, 2.24) is 5.32 Å². The summed E-state index contributed by atoms with van der Waals surface area (Å²) in [7, 11) is 0. The Hall–Kier alpha value is -1.55. The molecule has 0 radical (unpaired) electrons. The molecule has 0 heterocycles. The molecule has 0 atom stereocenters. The van der Waals surface area contributed by atoms with E-state index in [-0.39, 0.29) is 18.9 Å². The lowest BCUT2D eigenvalue weighted by atomic mass is 10.1. The first-order valence-corrected chi connectivity index (χ1v) is 5.63. The van der Waals surface area contributed by atoms with Crippen molar-refractivity contribution in [2.45, 2.75) is 25.8 Å². The molecule has 4 nitrogen and oxygen atoms in total. The van der Waals surface area contributed by atoms with Crippen molar-refractivity contribution in [3.63, 3.8) is 0 Å². The van der Waals surface area contributed by atoms with Gasteiger partial charge in [-0.15, -0.1) is 0 Å². The summed E-state index contributed by atoms with van der Waals surface area (Å²) in [5.41, 5.74) is -0.580. The number of rotatable bonds is 6. The van der Waals surface area contributed by atoms with Gasteiger partial charge >= 0.3 is 0 Å². The summed E-state index contributed by atoms with van der Waals surface area (Å²) in [5.74, 6) is 0.627. The second kappa shape index (κ2) is 6.25. The van der Waals surface area contributed by atoms with E-state index in [1.54, 1.807) is 13.8 Å². The maximum atomic E-state index is 11.5. The summed E-state index contributed by atoms with van der Waals surface area (Å²) in [6.45, 7) is 3.78. The third kappa shape index (κ3) is 5.36. The lowest BCUT2D eigenvalue weighted by Crippen LogP contribution is -2.46. The zero-order chi connectivity index (χ0) is 12.7. The van der Waals surface area contributed by atoms with Gasteiger partial charge in [0.15, 0.2) is 0 Å². The van der Waals surface area contributed by atoms with Gasteiger partial charge in [-0.05, 0) is 26.0 Å². The number of aliphatic hydroxyl groups excluding tert-OH is 1. The number of hydrogen-bond acceptors (Lipinski definition) is 3. The zero-order valence-corrected chi connectivity index (χ0v) is 10.3. The minimum Gasteiger partial charge on any atom is -0.493 e. The average molecular weight is 237 g/mol. The van der Waals surface area contributed by atoms with Crippen molar-refractivity contribution in [3.8, 4) is 5.75 Å². The molecule has 1 aromatic rings. The second-order valence-electron chi connectivity index (χ2n) is 4.50. The fourth-order valence-corrected chi connectivity index (χ4v) is 1.26. The Labute approximate surface area is 102 Å². The number of benzene rings is 1. The molecular weight excluding hydrogens is 218 g/mol. The van der Waals surface area contributed by atoms with Crippen LogP contribution in [0.3, 0.4) is 0 Å². The Morgan fingerprint density at radius 2 is 2.00 bits per heavy atom. The SMILES string of the molecule is CC(C)(CO)NC(=O)CCOc1ccccc1. The predicted octanol–water partition coefficient (Wildman–Crippen LogP) is 1.34. The molecule has 1 rings (SSSR count). The van der Waals surface area contributed by atoms with E-state index < -0.39 is 5.54 Å². The van der Waals surface area contributed by atoms with Crippen LogP contribution in [-0.4, -0.2) is 29.8 Å². The fourth-order valence-electron chi connectivity index (χ4n) is 1.26. The monoisotopic (exact) mass is 237 g/mol. The minimum absolute atomic E-state index is 0.0850. The first-order valence-electron chi connectivity index (χ1n) is 5.63. The number of nitrogens with one attached hydrogen (secondary N) is 1. The van der Waals surface area contributed by atoms with Gasteiger partial charge in [-0.1, -0.05) is 18.2 Å². The van der Waals surface area contributed by atoms with E-state index in [1.807, 2.05) is 30.3 Å². The highest BCUT2D eigenvalue weighted by Crippen LogP contribution is 2.08. The minimum atomic E-state index is -0.580. The molecule has 0 fully saturated rings. The highest BCUT2D eigenvalue weighted by molar-refractivity contribution is 5.76. The van der Waals surface area contributed by atoms with Crippen LogP contribution in [0.25, 0.3) is 0 Å². The highest BCUT2D eigenvalue weighted by atomic mass is 16.5. The van der Waals surface area contributed by atoms with E-state index in [2.05, 4.69) is 5.32 Å². The molecule has 17 heavy (non-hydrogen) atoms. The van der Waals surface area contributed by atoms with Crippen LogP contribution in [-0.2, 0) is 4.79 Å². The van der Waals surface area contributed by atoms with Crippen LogP contribution in [0.2, 0.25) is 0 Å². The van der Waals surface area contributed by atoms with Crippen LogP contribution < -0.4 is 10.1 Å². The predicted molar refractivity (Wildman–Crippen MR) is 65.9 cm³/mol. The third-order valence-corrected chi connectivity index (χ3v) is 2.21. The standard InChI is InChI=1S/C13H19NO3/c1-13(2,10-15)14-12(16)8-9-17-11-6-4-3-5-7-11/h3-7,15H,8-10H2,1-2H3,(H,14,16). The van der Waals surface area contributed by atoms with Crippen LogP contribution in [0.5, 0.6) is 5.75 Å². The summed E-state index contributed by atoms with van der Waals surface area (Å²) in [5, 5.41) is 11.7. The first kappa shape index (κ1) is 13.5. The van der Waals surface area contributed by atoms with E-state index in [1.165, 1.54) is 0 Å². The summed E-state index contributed by atoms with van der Waals surface area (Å²) >= 11 is 0. The van der Waals surface area contributed by atoms with Gasteiger partial charge in [-0.3, -0.25) is 4.79 Å². The normalized spacial score (nSPS) is 11.0. The molecule has 0 spiro atoms. The number of amides is 1. The van der Waals surface area contributed by atoms with Gasteiger partial charge in [0.05, 0.1) is 25.2 Å². The van der Waals surface area contributed by atoms with Gasteiger partial charge < -0.3 is 15.2 Å². The average Bonchev–Trinajstić information content (AvgIpc) is 2.30. The number of carbonyl (C=O) groups excluding carboxylic acids is 1. The van der Waals surface area contributed by atoms with Crippen LogP contribution in [0.15, 0.2) is 30.3 Å². The van der Waals surface area contributed by atoms with Crippen LogP contribution >= 0.6 is 0 Å². The fraction of sp³-hybridized carbons (Fsp3) is 0.462. The van der Waals surface area contributed by atoms with E-state index in [0.29, 0.717) is 6.61 Å². The Morgan fingerprint density at radius 3 is 2.59 bits per heavy atom. The number of carbonyl (C=O) groups is 1. The molecule has 1 aromatic carbocycles. The molecule has 0 aliphatic heterocycles. The number of aliphatic hydroxyl groups is 1. The highest BCUT2D eigenvalue weighted by Gasteiger charge is 2.18. The molecule has 0 saturated heterocycles. The Kier molecular flexibility index (Phi) is 4.97. The van der Waals surface area contributed by atoms with Gasteiger partial charge in [0.25, 0.3) is 0 Å². The molecule has 94 valence electrons. The molecule has 0 aliphatic rings. The van der Waals surface area contributed by atoms with Gasteiger partial charge in [0, 0.05) is 0 Å². The number of ether oxygens (including phenoxy) is 1. The van der Waals surface area contributed by atoms with Crippen molar-refractivity contribution in [2.75, 3.05) is 13.2 Å². The molecule has 4 heteroatoms. The molecule has 0 aliphatic carbocycles. The van der Waals surface area contributed by atoms with Crippen molar-refractivity contribution in [2.24, 2.45) is 0 Å². The molecule has 2 N–H and O–H groups in total. The Bertz CT molecular complexity index is 349. The number of para-hydroxylation sites is 1. The van der Waals surface area contributed by atoms with Gasteiger partial charge in [0.2, 0.25) is 5.91 Å². The van der Waals surface area contributed by atoms with Gasteiger partial charge in [0.1, 0.15) is 5.75 Å². The van der Waals surface area contributed by atoms with Crippen LogP contribution in [0.1, 0.15) is 20.3 Å².